The normalized spacial score (nSPS) is 18.4. The minimum atomic E-state index is 0.511. The lowest BCUT2D eigenvalue weighted by molar-refractivity contribution is 0.0880. The molecule has 0 radical (unpaired) electrons. The second-order valence-electron chi connectivity index (χ2n) is 5.12. The van der Waals surface area contributed by atoms with Gasteiger partial charge in [-0.3, -0.25) is 0 Å². The summed E-state index contributed by atoms with van der Waals surface area (Å²) in [5, 5.41) is 0. The van der Waals surface area contributed by atoms with Gasteiger partial charge < -0.3 is 4.90 Å². The predicted octanol–water partition coefficient (Wildman–Crippen LogP) is 3.26. The number of nitrogens with zero attached hydrogens (tertiary/aromatic N) is 1. The van der Waals surface area contributed by atoms with E-state index in [0.717, 1.165) is 19.5 Å². The van der Waals surface area contributed by atoms with Crippen molar-refractivity contribution in [1.82, 2.24) is 4.90 Å². The van der Waals surface area contributed by atoms with Gasteiger partial charge in [0.25, 0.3) is 0 Å². The highest BCUT2D eigenvalue weighted by molar-refractivity contribution is 5.05. The molecule has 0 aromatic heterocycles. The van der Waals surface area contributed by atoms with Gasteiger partial charge in [0.15, 0.2) is 0 Å². The third-order valence-corrected chi connectivity index (χ3v) is 2.63. The van der Waals surface area contributed by atoms with Crippen molar-refractivity contribution in [3.63, 3.8) is 0 Å². The van der Waals surface area contributed by atoms with E-state index in [9.17, 15) is 0 Å². The highest BCUT2D eigenvalue weighted by atomic mass is 15.2. The monoisotopic (exact) mass is 193 g/mol. The van der Waals surface area contributed by atoms with Crippen molar-refractivity contribution in [3.8, 4) is 12.0 Å². The molecule has 1 nitrogen and oxygen atoms in total. The van der Waals surface area contributed by atoms with Crippen LogP contribution in [0, 0.1) is 17.4 Å². The van der Waals surface area contributed by atoms with E-state index in [-0.39, 0.29) is 0 Å². The Labute approximate surface area is 88.9 Å². The fraction of sp³-hybridized carbons (Fsp3) is 0.846. The number of hydrogen-bond acceptors (Lipinski definition) is 1. The zero-order chi connectivity index (χ0) is 10.4. The van der Waals surface area contributed by atoms with Crippen LogP contribution in [0.3, 0.4) is 0 Å². The van der Waals surface area contributed by atoms with E-state index in [0.29, 0.717) is 5.41 Å². The topological polar surface area (TPSA) is 3.24 Å². The molecule has 14 heavy (non-hydrogen) atoms. The summed E-state index contributed by atoms with van der Waals surface area (Å²) in [7, 11) is 0. The molecule has 0 spiro atoms. The maximum Gasteiger partial charge on any atom is 0.0329 e. The summed E-state index contributed by atoms with van der Waals surface area (Å²) in [5.74, 6) is 3.26. The van der Waals surface area contributed by atoms with Gasteiger partial charge in [-0.2, -0.15) is 0 Å². The van der Waals surface area contributed by atoms with Crippen LogP contribution in [0.15, 0.2) is 0 Å². The molecule has 0 atom stereocenters. The van der Waals surface area contributed by atoms with Crippen LogP contribution < -0.4 is 0 Å². The smallest absolute Gasteiger partial charge is 0.0329 e. The van der Waals surface area contributed by atoms with Gasteiger partial charge in [0.2, 0.25) is 0 Å². The quantitative estimate of drug-likeness (QED) is 0.489. The zero-order valence-electron chi connectivity index (χ0n) is 9.90. The van der Waals surface area contributed by atoms with Crippen molar-refractivity contribution in [2.24, 2.45) is 5.41 Å². The van der Waals surface area contributed by atoms with Crippen LogP contribution in [0.5, 0.6) is 0 Å². The van der Waals surface area contributed by atoms with E-state index in [1.165, 1.54) is 25.7 Å². The Bertz CT molecular complexity index is 211. The molecule has 1 aliphatic rings. The van der Waals surface area contributed by atoms with Gasteiger partial charge in [-0.05, 0) is 6.42 Å². The molecule has 80 valence electrons. The lowest BCUT2D eigenvalue weighted by atomic mass is 9.85. The molecule has 1 heterocycles. The average molecular weight is 193 g/mol. The van der Waals surface area contributed by atoms with Gasteiger partial charge >= 0.3 is 0 Å². The first kappa shape index (κ1) is 11.4. The summed E-state index contributed by atoms with van der Waals surface area (Å²) in [4.78, 5) is 2.24. The maximum absolute atomic E-state index is 3.26. The van der Waals surface area contributed by atoms with Crippen LogP contribution in [-0.2, 0) is 0 Å². The second kappa shape index (κ2) is 5.29. The second-order valence-corrected chi connectivity index (χ2v) is 5.12. The van der Waals surface area contributed by atoms with Gasteiger partial charge in [0.1, 0.15) is 0 Å². The molecular formula is C13H23N. The molecule has 0 aromatic carbocycles. The summed E-state index contributed by atoms with van der Waals surface area (Å²) < 4.78 is 0. The van der Waals surface area contributed by atoms with Crippen LogP contribution in [0.25, 0.3) is 0 Å². The molecule has 1 saturated heterocycles. The Morgan fingerprint density at radius 1 is 1.14 bits per heavy atom. The van der Waals surface area contributed by atoms with Gasteiger partial charge in [-0.25, -0.2) is 0 Å². The Morgan fingerprint density at radius 2 is 1.86 bits per heavy atom. The largest absolute Gasteiger partial charge is 0.331 e. The van der Waals surface area contributed by atoms with Crippen LogP contribution in [0.2, 0.25) is 0 Å². The molecule has 0 bridgehead atoms. The van der Waals surface area contributed by atoms with Crippen molar-refractivity contribution >= 4 is 0 Å². The zero-order valence-corrected chi connectivity index (χ0v) is 9.90. The first-order chi connectivity index (χ1) is 6.64. The van der Waals surface area contributed by atoms with E-state index < -0.39 is 0 Å². The first-order valence-corrected chi connectivity index (χ1v) is 5.87. The Hall–Kier alpha value is -0.640. The van der Waals surface area contributed by atoms with Gasteiger partial charge in [-0.15, -0.1) is 0 Å². The molecule has 0 N–H and O–H groups in total. The molecular weight excluding hydrogens is 170 g/mol. The van der Waals surface area contributed by atoms with Crippen LogP contribution in [-0.4, -0.2) is 18.0 Å². The summed E-state index contributed by atoms with van der Waals surface area (Å²) in [6.07, 6.45) is 6.37. The molecule has 1 heteroatoms. The van der Waals surface area contributed by atoms with Crippen molar-refractivity contribution < 1.29 is 0 Å². The molecule has 1 rings (SSSR count). The number of likely N-dealkylation sites (tertiary alicyclic amines) is 1. The van der Waals surface area contributed by atoms with Crippen molar-refractivity contribution in [2.75, 3.05) is 13.1 Å². The van der Waals surface area contributed by atoms with E-state index in [2.05, 4.69) is 37.6 Å². The predicted molar refractivity (Wildman–Crippen MR) is 61.9 cm³/mol. The van der Waals surface area contributed by atoms with E-state index in [1.54, 1.807) is 0 Å². The number of hydrogen-bond donors (Lipinski definition) is 0. The summed E-state index contributed by atoms with van der Waals surface area (Å²) in [6, 6.07) is 3.23. The molecule has 1 aliphatic heterocycles. The first-order valence-electron chi connectivity index (χ1n) is 5.87. The number of unbranched alkanes of at least 4 members (excludes halogenated alkanes) is 4. The minimum Gasteiger partial charge on any atom is -0.331 e. The fourth-order valence-corrected chi connectivity index (χ4v) is 1.87. The summed E-state index contributed by atoms with van der Waals surface area (Å²) in [5.41, 5.74) is 0.511. The van der Waals surface area contributed by atoms with Crippen molar-refractivity contribution in [2.45, 2.75) is 52.9 Å². The third kappa shape index (κ3) is 4.05. The standard InChI is InChI=1S/C13H23N/c1-4-5-6-7-8-9-10-14-11-13(2,3)12-14/h4-8,11-12H2,1-3H3. The van der Waals surface area contributed by atoms with Crippen molar-refractivity contribution in [1.29, 1.82) is 0 Å². The van der Waals surface area contributed by atoms with E-state index >= 15 is 0 Å². The fourth-order valence-electron chi connectivity index (χ4n) is 1.87. The Kier molecular flexibility index (Phi) is 4.32. The van der Waals surface area contributed by atoms with Crippen LogP contribution in [0.1, 0.15) is 52.9 Å². The molecule has 0 aliphatic carbocycles. The van der Waals surface area contributed by atoms with Crippen LogP contribution >= 0.6 is 0 Å². The third-order valence-electron chi connectivity index (χ3n) is 2.63. The molecule has 0 unspecified atom stereocenters. The van der Waals surface area contributed by atoms with Gasteiger partial charge in [0.05, 0.1) is 0 Å². The lowest BCUT2D eigenvalue weighted by Crippen LogP contribution is -2.50. The van der Waals surface area contributed by atoms with Crippen molar-refractivity contribution in [3.05, 3.63) is 0 Å². The highest BCUT2D eigenvalue weighted by Crippen LogP contribution is 2.27. The maximum atomic E-state index is 3.26. The Balaban J connectivity index is 1.99. The Morgan fingerprint density at radius 3 is 2.43 bits per heavy atom. The van der Waals surface area contributed by atoms with E-state index in [4.69, 9.17) is 0 Å². The van der Waals surface area contributed by atoms with Gasteiger partial charge in [0, 0.05) is 31.0 Å². The average Bonchev–Trinajstić information content (AvgIpc) is 2.07. The number of rotatable bonds is 4. The summed E-state index contributed by atoms with van der Waals surface area (Å²) in [6.45, 7) is 9.14. The molecule has 0 saturated carbocycles. The van der Waals surface area contributed by atoms with Crippen LogP contribution in [0.4, 0.5) is 0 Å². The SMILES string of the molecule is CCCCCCC#CN1CC(C)(C)C1. The van der Waals surface area contributed by atoms with Gasteiger partial charge in [-0.1, -0.05) is 46.0 Å². The molecule has 0 amide bonds. The lowest BCUT2D eigenvalue weighted by Gasteiger charge is -2.43. The highest BCUT2D eigenvalue weighted by Gasteiger charge is 2.32. The van der Waals surface area contributed by atoms with E-state index in [1.807, 2.05) is 0 Å². The molecule has 1 fully saturated rings. The molecule has 0 aromatic rings. The minimum absolute atomic E-state index is 0.511. The summed E-state index contributed by atoms with van der Waals surface area (Å²) >= 11 is 0.